The summed E-state index contributed by atoms with van der Waals surface area (Å²) in [7, 11) is 0. The van der Waals surface area contributed by atoms with Crippen LogP contribution in [-0.4, -0.2) is 64.7 Å². The summed E-state index contributed by atoms with van der Waals surface area (Å²) in [5.74, 6) is 0.604. The van der Waals surface area contributed by atoms with Crippen LogP contribution in [0.15, 0.2) is 10.7 Å². The van der Waals surface area contributed by atoms with Crippen molar-refractivity contribution >= 4 is 5.91 Å². The lowest BCUT2D eigenvalue weighted by Gasteiger charge is -2.56. The summed E-state index contributed by atoms with van der Waals surface area (Å²) < 4.78 is 10.9. The van der Waals surface area contributed by atoms with Crippen LogP contribution >= 0.6 is 0 Å². The van der Waals surface area contributed by atoms with E-state index in [2.05, 4.69) is 5.16 Å². The lowest BCUT2D eigenvalue weighted by atomic mass is 9.58. The van der Waals surface area contributed by atoms with Crippen molar-refractivity contribution in [3.63, 3.8) is 0 Å². The number of carbonyl (C=O) groups is 1. The highest BCUT2D eigenvalue weighted by molar-refractivity contribution is 5.94. The van der Waals surface area contributed by atoms with Gasteiger partial charge in [-0.05, 0) is 19.3 Å². The van der Waals surface area contributed by atoms with Crippen molar-refractivity contribution in [2.75, 3.05) is 26.3 Å². The second-order valence-electron chi connectivity index (χ2n) is 6.77. The third kappa shape index (κ3) is 2.96. The molecular formula is C17H26N2O5. The number of aryl methyl sites for hydroxylation is 1. The van der Waals surface area contributed by atoms with Gasteiger partial charge in [0.1, 0.15) is 11.3 Å². The molecule has 24 heavy (non-hydrogen) atoms. The average molecular weight is 338 g/mol. The van der Waals surface area contributed by atoms with E-state index in [9.17, 15) is 9.90 Å². The summed E-state index contributed by atoms with van der Waals surface area (Å²) in [4.78, 5) is 14.5. The molecule has 0 unspecified atom stereocenters. The number of hydrogen-bond donors (Lipinski definition) is 2. The molecule has 1 aliphatic carbocycles. The van der Waals surface area contributed by atoms with Crippen molar-refractivity contribution in [2.45, 2.75) is 51.2 Å². The molecule has 0 bridgehead atoms. The topological polar surface area (TPSA) is 96.0 Å². The Kier molecular flexibility index (Phi) is 5.22. The molecule has 3 rings (SSSR count). The number of rotatable bonds is 6. The van der Waals surface area contributed by atoms with Crippen molar-refractivity contribution in [3.8, 4) is 0 Å². The van der Waals surface area contributed by atoms with Crippen molar-refractivity contribution in [1.82, 2.24) is 10.1 Å². The Morgan fingerprint density at radius 3 is 2.88 bits per heavy atom. The predicted octanol–water partition coefficient (Wildman–Crippen LogP) is 0.992. The molecule has 7 heteroatoms. The fourth-order valence-electron chi connectivity index (χ4n) is 3.95. The van der Waals surface area contributed by atoms with Crippen LogP contribution in [0.25, 0.3) is 0 Å². The van der Waals surface area contributed by atoms with E-state index in [0.29, 0.717) is 56.7 Å². The highest BCUT2D eigenvalue weighted by Gasteiger charge is 2.56. The Morgan fingerprint density at radius 2 is 2.25 bits per heavy atom. The van der Waals surface area contributed by atoms with E-state index in [1.807, 2.05) is 11.8 Å². The van der Waals surface area contributed by atoms with E-state index in [4.69, 9.17) is 14.4 Å². The number of amides is 1. The molecule has 2 N–H and O–H groups in total. The number of aliphatic hydroxyl groups is 2. The first-order chi connectivity index (χ1) is 11.6. The third-order valence-corrected chi connectivity index (χ3v) is 5.49. The Bertz CT molecular complexity index is 565. The van der Waals surface area contributed by atoms with Gasteiger partial charge < -0.3 is 24.4 Å². The molecule has 2 aliphatic rings. The van der Waals surface area contributed by atoms with E-state index in [-0.39, 0.29) is 30.1 Å². The van der Waals surface area contributed by atoms with Crippen molar-refractivity contribution in [1.29, 1.82) is 0 Å². The van der Waals surface area contributed by atoms with E-state index in [1.165, 1.54) is 6.20 Å². The van der Waals surface area contributed by atoms with Crippen molar-refractivity contribution in [2.24, 2.45) is 5.41 Å². The van der Waals surface area contributed by atoms with Crippen LogP contribution in [0, 0.1) is 5.41 Å². The summed E-state index contributed by atoms with van der Waals surface area (Å²) in [6.45, 7) is 3.49. The maximum absolute atomic E-state index is 12.7. The second-order valence-corrected chi connectivity index (χ2v) is 6.77. The molecule has 7 nitrogen and oxygen atoms in total. The number of ether oxygens (including phenoxy) is 1. The van der Waals surface area contributed by atoms with E-state index in [1.54, 1.807) is 0 Å². The Labute approximate surface area is 141 Å². The number of likely N-dealkylation sites (tertiary alicyclic amines) is 1. The Hall–Kier alpha value is -1.44. The van der Waals surface area contributed by atoms with Gasteiger partial charge in [0.15, 0.2) is 0 Å². The quantitative estimate of drug-likeness (QED) is 0.803. The predicted molar refractivity (Wildman–Crippen MR) is 85.5 cm³/mol. The monoisotopic (exact) mass is 338 g/mol. The number of aromatic nitrogens is 1. The summed E-state index contributed by atoms with van der Waals surface area (Å²) >= 11 is 0. The van der Waals surface area contributed by atoms with Crippen LogP contribution in [0.5, 0.6) is 0 Å². The minimum Gasteiger partial charge on any atom is -0.394 e. The zero-order valence-electron chi connectivity index (χ0n) is 14.1. The minimum atomic E-state index is -0.385. The molecule has 0 aromatic carbocycles. The molecule has 2 fully saturated rings. The molecule has 1 aromatic heterocycles. The highest BCUT2D eigenvalue weighted by atomic mass is 16.5. The first-order valence-electron chi connectivity index (χ1n) is 8.75. The van der Waals surface area contributed by atoms with Gasteiger partial charge in [0.2, 0.25) is 0 Å². The van der Waals surface area contributed by atoms with Gasteiger partial charge in [-0.3, -0.25) is 4.79 Å². The molecule has 1 amide bonds. The van der Waals surface area contributed by atoms with Crippen molar-refractivity contribution in [3.05, 3.63) is 17.5 Å². The van der Waals surface area contributed by atoms with Gasteiger partial charge >= 0.3 is 0 Å². The fraction of sp³-hybridized carbons (Fsp3) is 0.765. The maximum atomic E-state index is 12.7. The van der Waals surface area contributed by atoms with E-state index < -0.39 is 0 Å². The van der Waals surface area contributed by atoms with E-state index >= 15 is 0 Å². The van der Waals surface area contributed by atoms with Gasteiger partial charge in [-0.25, -0.2) is 0 Å². The largest absolute Gasteiger partial charge is 0.394 e. The molecule has 0 radical (unpaired) electrons. The zero-order valence-corrected chi connectivity index (χ0v) is 14.1. The second kappa shape index (κ2) is 7.21. The molecular weight excluding hydrogens is 312 g/mol. The summed E-state index contributed by atoms with van der Waals surface area (Å²) in [5, 5.41) is 22.9. The minimum absolute atomic E-state index is 0.0129. The highest BCUT2D eigenvalue weighted by Crippen LogP contribution is 2.51. The third-order valence-electron chi connectivity index (χ3n) is 5.49. The van der Waals surface area contributed by atoms with Crippen LogP contribution in [0.1, 0.15) is 48.7 Å². The normalized spacial score (nSPS) is 25.7. The number of piperidine rings is 1. The lowest BCUT2D eigenvalue weighted by molar-refractivity contribution is -0.211. The lowest BCUT2D eigenvalue weighted by Crippen LogP contribution is -2.62. The number of nitrogens with zero attached hydrogens (tertiary/aromatic N) is 2. The maximum Gasteiger partial charge on any atom is 0.259 e. The number of aliphatic hydroxyl groups excluding tert-OH is 2. The molecule has 1 spiro atoms. The first-order valence-corrected chi connectivity index (χ1v) is 8.75. The summed E-state index contributed by atoms with van der Waals surface area (Å²) in [5.41, 5.74) is 0.280. The molecule has 1 saturated heterocycles. The number of hydrogen-bond acceptors (Lipinski definition) is 6. The van der Waals surface area contributed by atoms with Gasteiger partial charge in [-0.2, -0.15) is 0 Å². The first kappa shape index (κ1) is 17.4. The smallest absolute Gasteiger partial charge is 0.259 e. The van der Waals surface area contributed by atoms with Crippen LogP contribution in [0.4, 0.5) is 0 Å². The van der Waals surface area contributed by atoms with Crippen molar-refractivity contribution < 1.29 is 24.3 Å². The van der Waals surface area contributed by atoms with Gasteiger partial charge in [-0.1, -0.05) is 12.1 Å². The van der Waals surface area contributed by atoms with E-state index in [0.717, 1.165) is 6.42 Å². The van der Waals surface area contributed by atoms with Gasteiger partial charge in [0.25, 0.3) is 5.91 Å². The molecule has 1 aromatic rings. The summed E-state index contributed by atoms with van der Waals surface area (Å²) in [6, 6.07) is 0. The Morgan fingerprint density at radius 1 is 1.50 bits per heavy atom. The SMILES string of the molecule is CCCc1oncc1C(=O)N1CCC2(CC1)[C@H](O)C[C@@H]2OCCO. The average Bonchev–Trinajstić information content (AvgIpc) is 3.06. The Balaban J connectivity index is 1.62. The van der Waals surface area contributed by atoms with Gasteiger partial charge in [0.05, 0.1) is 31.6 Å². The van der Waals surface area contributed by atoms with Gasteiger partial charge in [-0.15, -0.1) is 0 Å². The molecule has 134 valence electrons. The van der Waals surface area contributed by atoms with Crippen LogP contribution in [0.2, 0.25) is 0 Å². The van der Waals surface area contributed by atoms with Crippen LogP contribution in [-0.2, 0) is 11.2 Å². The fourth-order valence-corrected chi connectivity index (χ4v) is 3.95. The zero-order chi connectivity index (χ0) is 17.2. The summed E-state index contributed by atoms with van der Waals surface area (Å²) in [6.07, 6.45) is 4.73. The standard InChI is InChI=1S/C17H26N2O5/c1-2-3-13-12(11-18-24-13)16(22)19-6-4-17(5-7-19)14(21)10-15(17)23-9-8-20/h11,14-15,20-21H,2-10H2,1H3/t14-,15+/m1/s1. The molecule has 1 saturated carbocycles. The molecule has 2 heterocycles. The van der Waals surface area contributed by atoms with Gasteiger partial charge in [0, 0.05) is 31.3 Å². The van der Waals surface area contributed by atoms with Crippen LogP contribution in [0.3, 0.4) is 0 Å². The number of carbonyl (C=O) groups excluding carboxylic acids is 1. The molecule has 1 aliphatic heterocycles. The molecule has 2 atom stereocenters. The van der Waals surface area contributed by atoms with Crippen LogP contribution < -0.4 is 0 Å².